The summed E-state index contributed by atoms with van der Waals surface area (Å²) in [5.74, 6) is 0. The van der Waals surface area contributed by atoms with Crippen LogP contribution in [0.15, 0.2) is 0 Å². The number of hydrogen-bond donors (Lipinski definition) is 0. The normalized spacial score (nSPS) is 30.0. The Morgan fingerprint density at radius 2 is 1.92 bits per heavy atom. The minimum Gasteiger partial charge on any atom is -0.661 e. The predicted octanol–water partition coefficient (Wildman–Crippen LogP) is 2.58. The van der Waals surface area contributed by atoms with Gasteiger partial charge < -0.3 is 5.32 Å². The van der Waals surface area contributed by atoms with Crippen molar-refractivity contribution < 1.29 is 17.1 Å². The number of halogens is 1. The summed E-state index contributed by atoms with van der Waals surface area (Å²) in [5, 5.41) is 4.40. The molecule has 0 aliphatic heterocycles. The first-order valence-electron chi connectivity index (χ1n) is 4.23. The number of hydrogen-bond acceptors (Lipinski definition) is 1. The standard InChI is InChI=1S/C8H16IN2.Cu/c1-10-7-5-3-4-6-8(7)11(2)9;/h7-8H,3-6H2,1-2H3;/q-1;+1. The maximum Gasteiger partial charge on any atom is 1.00 e. The van der Waals surface area contributed by atoms with Crippen LogP contribution >= 0.6 is 22.9 Å². The van der Waals surface area contributed by atoms with E-state index in [1.165, 1.54) is 25.7 Å². The third kappa shape index (κ3) is 3.50. The number of rotatable bonds is 2. The first-order valence-corrected chi connectivity index (χ1v) is 5.19. The van der Waals surface area contributed by atoms with Gasteiger partial charge in [-0.2, -0.15) is 7.05 Å². The molecule has 1 aliphatic rings. The molecule has 76 valence electrons. The van der Waals surface area contributed by atoms with Crippen LogP contribution in [0.5, 0.6) is 0 Å². The van der Waals surface area contributed by atoms with E-state index in [9.17, 15) is 0 Å². The van der Waals surface area contributed by atoms with Gasteiger partial charge in [0.15, 0.2) is 0 Å². The second-order valence-corrected chi connectivity index (χ2v) is 4.72. The van der Waals surface area contributed by atoms with Gasteiger partial charge in [0.25, 0.3) is 0 Å². The van der Waals surface area contributed by atoms with Crippen LogP contribution in [0.1, 0.15) is 25.7 Å². The maximum absolute atomic E-state index is 4.40. The summed E-state index contributed by atoms with van der Waals surface area (Å²) >= 11 is 2.37. The summed E-state index contributed by atoms with van der Waals surface area (Å²) in [6.07, 6.45) is 5.35. The number of likely N-dealkylation sites (N-methyl/N-ethyl adjacent to an activating group) is 2. The summed E-state index contributed by atoms with van der Waals surface area (Å²) in [6.45, 7) is 0. The van der Waals surface area contributed by atoms with Crippen LogP contribution in [0, 0.1) is 0 Å². The third-order valence-corrected chi connectivity index (χ3v) is 3.20. The first-order chi connectivity index (χ1) is 5.25. The molecular formula is C8H16CuIN2. The number of nitrogens with zero attached hydrogens (tertiary/aromatic N) is 2. The molecule has 0 aromatic heterocycles. The fraction of sp³-hybridized carbons (Fsp3) is 1.00. The van der Waals surface area contributed by atoms with Crippen LogP contribution in [0.25, 0.3) is 5.32 Å². The molecule has 1 fully saturated rings. The van der Waals surface area contributed by atoms with E-state index in [0.29, 0.717) is 12.1 Å². The Morgan fingerprint density at radius 3 is 2.33 bits per heavy atom. The van der Waals surface area contributed by atoms with E-state index < -0.39 is 0 Å². The quantitative estimate of drug-likeness (QED) is 0.432. The van der Waals surface area contributed by atoms with Gasteiger partial charge in [0.2, 0.25) is 0 Å². The van der Waals surface area contributed by atoms with E-state index >= 15 is 0 Å². The van der Waals surface area contributed by atoms with Gasteiger partial charge in [-0.05, 0) is 13.5 Å². The Balaban J connectivity index is 0.00000121. The Kier molecular flexibility index (Phi) is 7.24. The van der Waals surface area contributed by atoms with Crippen LogP contribution in [-0.2, 0) is 17.1 Å². The smallest absolute Gasteiger partial charge is 0.661 e. The predicted molar refractivity (Wildman–Crippen MR) is 57.1 cm³/mol. The van der Waals surface area contributed by atoms with E-state index in [2.05, 4.69) is 38.3 Å². The van der Waals surface area contributed by atoms with Crippen molar-refractivity contribution in [2.45, 2.75) is 37.8 Å². The molecule has 2 atom stereocenters. The summed E-state index contributed by atoms with van der Waals surface area (Å²) in [4.78, 5) is 0. The molecule has 0 aromatic rings. The Labute approximate surface area is 99.8 Å². The second kappa shape index (κ2) is 6.60. The fourth-order valence-corrected chi connectivity index (χ4v) is 2.46. The SMILES string of the molecule is C[N-]C1CCCCC1N(C)I.[Cu+]. The molecule has 0 bridgehead atoms. The molecule has 2 unspecified atom stereocenters. The third-order valence-electron chi connectivity index (χ3n) is 2.48. The van der Waals surface area contributed by atoms with Crippen molar-refractivity contribution in [2.24, 2.45) is 0 Å². The van der Waals surface area contributed by atoms with Crippen molar-refractivity contribution in [2.75, 3.05) is 14.1 Å². The Hall–Kier alpha value is 1.17. The first kappa shape index (κ1) is 13.2. The molecule has 1 saturated carbocycles. The van der Waals surface area contributed by atoms with Crippen LogP contribution in [-0.4, -0.2) is 29.3 Å². The minimum absolute atomic E-state index is 0. The van der Waals surface area contributed by atoms with E-state index in [1.54, 1.807) is 0 Å². The van der Waals surface area contributed by atoms with Crippen molar-refractivity contribution in [3.05, 3.63) is 5.32 Å². The molecule has 0 N–H and O–H groups in total. The van der Waals surface area contributed by atoms with Crippen LogP contribution in [0.4, 0.5) is 0 Å². The van der Waals surface area contributed by atoms with Crippen molar-refractivity contribution in [3.63, 3.8) is 0 Å². The van der Waals surface area contributed by atoms with Gasteiger partial charge in [-0.25, -0.2) is 3.11 Å². The summed E-state index contributed by atoms with van der Waals surface area (Å²) < 4.78 is 2.29. The molecule has 0 spiro atoms. The van der Waals surface area contributed by atoms with Gasteiger partial charge >= 0.3 is 17.1 Å². The van der Waals surface area contributed by atoms with Gasteiger partial charge in [-0.1, -0.05) is 19.3 Å². The van der Waals surface area contributed by atoms with E-state index in [-0.39, 0.29) is 17.1 Å². The second-order valence-electron chi connectivity index (χ2n) is 3.20. The molecular weight excluding hydrogens is 315 g/mol. The van der Waals surface area contributed by atoms with Gasteiger partial charge in [0, 0.05) is 28.9 Å². The molecule has 0 saturated heterocycles. The molecule has 0 aromatic carbocycles. The zero-order chi connectivity index (χ0) is 8.27. The monoisotopic (exact) mass is 330 g/mol. The van der Waals surface area contributed by atoms with E-state index in [0.717, 1.165) is 0 Å². The summed E-state index contributed by atoms with van der Waals surface area (Å²) in [6, 6.07) is 1.28. The topological polar surface area (TPSA) is 17.3 Å². The largest absolute Gasteiger partial charge is 1.00 e. The maximum atomic E-state index is 4.40. The van der Waals surface area contributed by atoms with Crippen molar-refractivity contribution >= 4 is 22.9 Å². The molecule has 12 heavy (non-hydrogen) atoms. The van der Waals surface area contributed by atoms with Gasteiger partial charge in [0.1, 0.15) is 0 Å². The average molecular weight is 331 g/mol. The zero-order valence-electron chi connectivity index (χ0n) is 7.56. The Bertz CT molecular complexity index is 122. The van der Waals surface area contributed by atoms with Crippen molar-refractivity contribution in [1.82, 2.24) is 3.11 Å². The molecule has 0 amide bonds. The Morgan fingerprint density at radius 1 is 1.33 bits per heavy atom. The van der Waals surface area contributed by atoms with Gasteiger partial charge in [0.05, 0.1) is 0 Å². The minimum atomic E-state index is 0. The summed E-state index contributed by atoms with van der Waals surface area (Å²) in [7, 11) is 4.10. The zero-order valence-corrected chi connectivity index (χ0v) is 10.7. The van der Waals surface area contributed by atoms with Crippen molar-refractivity contribution in [3.8, 4) is 0 Å². The molecule has 1 aliphatic carbocycles. The van der Waals surface area contributed by atoms with Crippen LogP contribution in [0.2, 0.25) is 0 Å². The summed E-state index contributed by atoms with van der Waals surface area (Å²) in [5.41, 5.74) is 0. The molecule has 0 radical (unpaired) electrons. The van der Waals surface area contributed by atoms with E-state index in [1.807, 2.05) is 7.05 Å². The van der Waals surface area contributed by atoms with Gasteiger partial charge in [-0.15, -0.1) is 6.04 Å². The van der Waals surface area contributed by atoms with Crippen LogP contribution in [0.3, 0.4) is 0 Å². The molecule has 0 heterocycles. The molecule has 4 heteroatoms. The van der Waals surface area contributed by atoms with Crippen molar-refractivity contribution in [1.29, 1.82) is 0 Å². The van der Waals surface area contributed by atoms with E-state index in [4.69, 9.17) is 0 Å². The average Bonchev–Trinajstić information content (AvgIpc) is 2.04. The van der Waals surface area contributed by atoms with Crippen LogP contribution < -0.4 is 0 Å². The molecule has 1 rings (SSSR count). The molecule has 2 nitrogen and oxygen atoms in total. The fourth-order valence-electron chi connectivity index (χ4n) is 1.81. The van der Waals surface area contributed by atoms with Gasteiger partial charge in [-0.3, -0.25) is 0 Å².